The number of nitrogens with one attached hydrogen (secondary N) is 1. The molecule has 1 amide bonds. The van der Waals surface area contributed by atoms with E-state index < -0.39 is 11.9 Å². The molecule has 0 radical (unpaired) electrons. The normalized spacial score (nSPS) is 10.6. The van der Waals surface area contributed by atoms with E-state index in [0.29, 0.717) is 17.5 Å². The number of carbonyl (C=O) groups excluding carboxylic acids is 3. The first-order chi connectivity index (χ1) is 18.9. The van der Waals surface area contributed by atoms with Crippen LogP contribution in [0, 0.1) is 6.92 Å². The number of aryl methyl sites for hydroxylation is 1. The number of benzene rings is 2. The Kier molecular flexibility index (Phi) is 8.95. The molecule has 200 valence electrons. The van der Waals surface area contributed by atoms with Crippen molar-refractivity contribution in [2.75, 3.05) is 25.3 Å². The first kappa shape index (κ1) is 27.8. The minimum atomic E-state index is -0.644. The van der Waals surface area contributed by atoms with Gasteiger partial charge in [-0.1, -0.05) is 48.2 Å². The molecule has 11 heteroatoms. The minimum Gasteiger partial charge on any atom is -0.465 e. The highest BCUT2D eigenvalue weighted by atomic mass is 32.2. The summed E-state index contributed by atoms with van der Waals surface area (Å²) in [7, 11) is 2.46. The molecule has 0 aliphatic rings. The van der Waals surface area contributed by atoms with E-state index >= 15 is 0 Å². The first-order valence-electron chi connectivity index (χ1n) is 11.8. The summed E-state index contributed by atoms with van der Waals surface area (Å²) in [6.07, 6.45) is 1.76. The van der Waals surface area contributed by atoms with Crippen LogP contribution in [0.15, 0.2) is 71.7 Å². The van der Waals surface area contributed by atoms with Gasteiger partial charge in [0.2, 0.25) is 5.91 Å². The van der Waals surface area contributed by atoms with Crippen molar-refractivity contribution in [1.82, 2.24) is 14.8 Å². The Morgan fingerprint density at radius 1 is 1.05 bits per heavy atom. The third-order valence-corrected chi connectivity index (χ3v) is 7.58. The molecule has 2 aromatic heterocycles. The van der Waals surface area contributed by atoms with Crippen LogP contribution in [-0.4, -0.2) is 52.6 Å². The van der Waals surface area contributed by atoms with Crippen LogP contribution in [0.4, 0.5) is 5.69 Å². The molecule has 0 spiro atoms. The lowest BCUT2D eigenvalue weighted by molar-refractivity contribution is -0.113. The van der Waals surface area contributed by atoms with Crippen molar-refractivity contribution < 1.29 is 23.9 Å². The Morgan fingerprint density at radius 3 is 2.33 bits per heavy atom. The monoisotopic (exact) mass is 562 g/mol. The number of nitrogens with zero attached hydrogens (tertiary/aromatic N) is 3. The van der Waals surface area contributed by atoms with Crippen molar-refractivity contribution >= 4 is 46.6 Å². The molecular weight excluding hydrogens is 536 g/mol. The quantitative estimate of drug-likeness (QED) is 0.154. The number of aromatic nitrogens is 3. The molecule has 2 aromatic carbocycles. The maximum Gasteiger partial charge on any atom is 0.337 e. The SMILES string of the molecule is C=CCn1c(SCC(=O)Nc2cc(C(=O)OC)cc(C(=O)OC)c2)nnc1-c1csc(C)c1-c1ccccc1. The van der Waals surface area contributed by atoms with Crippen molar-refractivity contribution in [3.05, 3.63) is 82.6 Å². The van der Waals surface area contributed by atoms with E-state index in [4.69, 9.17) is 9.47 Å². The Labute approximate surface area is 233 Å². The molecule has 39 heavy (non-hydrogen) atoms. The van der Waals surface area contributed by atoms with Crippen LogP contribution in [0.3, 0.4) is 0 Å². The fourth-order valence-electron chi connectivity index (χ4n) is 3.97. The van der Waals surface area contributed by atoms with Crippen molar-refractivity contribution in [3.63, 3.8) is 0 Å². The predicted octanol–water partition coefficient (Wildman–Crippen LogP) is 5.47. The van der Waals surface area contributed by atoms with Gasteiger partial charge >= 0.3 is 11.9 Å². The van der Waals surface area contributed by atoms with Gasteiger partial charge in [-0.2, -0.15) is 0 Å². The van der Waals surface area contributed by atoms with Gasteiger partial charge in [-0.25, -0.2) is 9.59 Å². The van der Waals surface area contributed by atoms with Crippen LogP contribution in [0.2, 0.25) is 0 Å². The van der Waals surface area contributed by atoms with Gasteiger partial charge in [0.25, 0.3) is 0 Å². The number of allylic oxidation sites excluding steroid dienone is 1. The lowest BCUT2D eigenvalue weighted by Crippen LogP contribution is -2.16. The van der Waals surface area contributed by atoms with E-state index in [1.165, 1.54) is 49.1 Å². The van der Waals surface area contributed by atoms with E-state index in [9.17, 15) is 14.4 Å². The lowest BCUT2D eigenvalue weighted by atomic mass is 10.0. The maximum absolute atomic E-state index is 12.8. The third-order valence-electron chi connectivity index (χ3n) is 5.70. The van der Waals surface area contributed by atoms with Crippen molar-refractivity contribution in [3.8, 4) is 22.5 Å². The molecule has 9 nitrogen and oxygen atoms in total. The average molecular weight is 563 g/mol. The highest BCUT2D eigenvalue weighted by Gasteiger charge is 2.21. The van der Waals surface area contributed by atoms with Crippen molar-refractivity contribution in [1.29, 1.82) is 0 Å². The van der Waals surface area contributed by atoms with E-state index in [0.717, 1.165) is 16.7 Å². The van der Waals surface area contributed by atoms with Crippen molar-refractivity contribution in [2.24, 2.45) is 0 Å². The number of anilines is 1. The zero-order valence-electron chi connectivity index (χ0n) is 21.6. The largest absolute Gasteiger partial charge is 0.465 e. The summed E-state index contributed by atoms with van der Waals surface area (Å²) < 4.78 is 11.4. The summed E-state index contributed by atoms with van der Waals surface area (Å²) >= 11 is 2.86. The summed E-state index contributed by atoms with van der Waals surface area (Å²) in [4.78, 5) is 38.1. The number of amides is 1. The molecule has 4 aromatic rings. The fraction of sp³-hybridized carbons (Fsp3) is 0.179. The standard InChI is InChI=1S/C28H26N4O5S2/c1-5-11-32-25(22-15-38-17(2)24(22)18-9-7-6-8-10-18)30-31-28(32)39-16-23(33)29-21-13-19(26(34)36-3)12-20(14-21)27(35)37-4/h5-10,12-15H,1,11,16H2,2-4H3,(H,29,33). The highest BCUT2D eigenvalue weighted by molar-refractivity contribution is 7.99. The number of ether oxygens (including phenoxy) is 2. The Bertz CT molecular complexity index is 1490. The van der Waals surface area contributed by atoms with E-state index in [1.54, 1.807) is 17.4 Å². The number of hydrogen-bond acceptors (Lipinski definition) is 9. The van der Waals surface area contributed by atoms with E-state index in [-0.39, 0.29) is 28.5 Å². The topological polar surface area (TPSA) is 112 Å². The molecule has 0 fully saturated rings. The zero-order valence-corrected chi connectivity index (χ0v) is 23.2. The van der Waals surface area contributed by atoms with Gasteiger partial charge in [-0.15, -0.1) is 28.1 Å². The molecule has 0 atom stereocenters. The van der Waals surface area contributed by atoms with E-state index in [1.807, 2.05) is 22.8 Å². The highest BCUT2D eigenvalue weighted by Crippen LogP contribution is 2.39. The molecular formula is C28H26N4O5S2. The summed E-state index contributed by atoms with van der Waals surface area (Å²) in [5.74, 6) is -0.943. The van der Waals surface area contributed by atoms with Crippen LogP contribution in [-0.2, 0) is 20.8 Å². The molecule has 0 unspecified atom stereocenters. The van der Waals surface area contributed by atoms with Crippen LogP contribution >= 0.6 is 23.1 Å². The van der Waals surface area contributed by atoms with Gasteiger partial charge in [0, 0.05) is 33.6 Å². The van der Waals surface area contributed by atoms with Gasteiger partial charge in [0.1, 0.15) is 0 Å². The van der Waals surface area contributed by atoms with Gasteiger partial charge in [0.15, 0.2) is 11.0 Å². The smallest absolute Gasteiger partial charge is 0.337 e. The fourth-order valence-corrected chi connectivity index (χ4v) is 5.58. The summed E-state index contributed by atoms with van der Waals surface area (Å²) in [6.45, 7) is 6.40. The second-order valence-electron chi connectivity index (χ2n) is 8.27. The number of rotatable bonds is 10. The van der Waals surface area contributed by atoms with Gasteiger partial charge < -0.3 is 14.8 Å². The van der Waals surface area contributed by atoms with Gasteiger partial charge in [0.05, 0.1) is 31.1 Å². The number of carbonyl (C=O) groups is 3. The van der Waals surface area contributed by atoms with Crippen molar-refractivity contribution in [2.45, 2.75) is 18.6 Å². The number of esters is 2. The molecule has 0 saturated heterocycles. The molecule has 2 heterocycles. The average Bonchev–Trinajstić information content (AvgIpc) is 3.53. The molecule has 0 saturated carbocycles. The Balaban J connectivity index is 1.56. The van der Waals surface area contributed by atoms with Crippen LogP contribution in [0.1, 0.15) is 25.6 Å². The van der Waals surface area contributed by atoms with Crippen LogP contribution in [0.5, 0.6) is 0 Å². The first-order valence-corrected chi connectivity index (χ1v) is 13.6. The molecule has 0 aliphatic heterocycles. The predicted molar refractivity (Wildman–Crippen MR) is 152 cm³/mol. The maximum atomic E-state index is 12.8. The second-order valence-corrected chi connectivity index (χ2v) is 10.3. The molecule has 0 bridgehead atoms. The number of thiophene rings is 1. The third kappa shape index (κ3) is 6.27. The summed E-state index contributed by atoms with van der Waals surface area (Å²) in [5, 5.41) is 14.2. The summed E-state index contributed by atoms with van der Waals surface area (Å²) in [5.41, 5.74) is 3.63. The van der Waals surface area contributed by atoms with Gasteiger partial charge in [-0.3, -0.25) is 9.36 Å². The zero-order chi connectivity index (χ0) is 27.9. The second kappa shape index (κ2) is 12.5. The number of hydrogen-bond donors (Lipinski definition) is 1. The van der Waals surface area contributed by atoms with E-state index in [2.05, 4.69) is 46.5 Å². The lowest BCUT2D eigenvalue weighted by Gasteiger charge is -2.11. The summed E-state index contributed by atoms with van der Waals surface area (Å²) in [6, 6.07) is 14.3. The molecule has 0 aliphatic carbocycles. The van der Waals surface area contributed by atoms with Crippen LogP contribution < -0.4 is 5.32 Å². The molecule has 1 N–H and O–H groups in total. The van der Waals surface area contributed by atoms with Gasteiger partial charge in [-0.05, 0) is 30.7 Å². The minimum absolute atomic E-state index is 0.0134. The number of thioether (sulfide) groups is 1. The Morgan fingerprint density at radius 2 is 1.72 bits per heavy atom. The van der Waals surface area contributed by atoms with Crippen LogP contribution in [0.25, 0.3) is 22.5 Å². The Hall–Kier alpha value is -4.22. The molecule has 4 rings (SSSR count). The number of methoxy groups -OCH3 is 2.